The zero-order chi connectivity index (χ0) is 35.0. The number of nitrogens with two attached hydrogens (primary N) is 1. The van der Waals surface area contributed by atoms with Crippen molar-refractivity contribution in [2.24, 2.45) is 11.7 Å². The number of rotatable bonds is 3. The summed E-state index contributed by atoms with van der Waals surface area (Å²) in [5, 5.41) is 64.0. The number of cyclic esters (lactones) is 1. The number of allylic oxidation sites excluding steroid dienone is 6. The first-order valence-corrected chi connectivity index (χ1v) is 16.4. The van der Waals surface area contributed by atoms with Crippen molar-refractivity contribution in [2.45, 2.75) is 132 Å². The van der Waals surface area contributed by atoms with Crippen molar-refractivity contribution in [1.82, 2.24) is 0 Å². The Morgan fingerprint density at radius 2 is 1.62 bits per heavy atom. The van der Waals surface area contributed by atoms with Crippen LogP contribution in [0.5, 0.6) is 0 Å². The first-order chi connectivity index (χ1) is 22.7. The summed E-state index contributed by atoms with van der Waals surface area (Å²) in [5.74, 6) is -5.40. The summed E-state index contributed by atoms with van der Waals surface area (Å²) >= 11 is 0. The maximum atomic E-state index is 12.3. The number of ether oxygens (including phenoxy) is 5. The highest BCUT2D eigenvalue weighted by atomic mass is 16.7. The van der Waals surface area contributed by atoms with Gasteiger partial charge in [0.1, 0.15) is 18.1 Å². The highest BCUT2D eigenvalue weighted by Crippen LogP contribution is 2.39. The maximum absolute atomic E-state index is 12.3. The summed E-state index contributed by atoms with van der Waals surface area (Å²) < 4.78 is 28.9. The average molecular weight is 680 g/mol. The molecule has 268 valence electrons. The molecule has 0 spiro atoms. The van der Waals surface area contributed by atoms with E-state index in [0.717, 1.165) is 0 Å². The second-order valence-corrected chi connectivity index (χ2v) is 12.9. The van der Waals surface area contributed by atoms with E-state index in [1.807, 2.05) is 6.08 Å². The van der Waals surface area contributed by atoms with E-state index < -0.39 is 97.3 Å². The highest BCUT2D eigenvalue weighted by molar-refractivity contribution is 5.82. The third-order valence-corrected chi connectivity index (χ3v) is 8.83. The van der Waals surface area contributed by atoms with E-state index in [1.165, 1.54) is 6.08 Å². The molecule has 2 bridgehead atoms. The third-order valence-electron chi connectivity index (χ3n) is 8.83. The molecule has 48 heavy (non-hydrogen) atoms. The van der Waals surface area contributed by atoms with Crippen molar-refractivity contribution >= 4 is 11.9 Å². The summed E-state index contributed by atoms with van der Waals surface area (Å²) in [6, 6.07) is -0.880. The fraction of sp³-hybridized carbons (Fsp3) is 0.647. The molecule has 4 aliphatic heterocycles. The van der Waals surface area contributed by atoms with E-state index in [0.29, 0.717) is 6.42 Å². The Morgan fingerprint density at radius 3 is 2.35 bits per heavy atom. The number of aliphatic hydroxyl groups is 5. The van der Waals surface area contributed by atoms with Crippen molar-refractivity contribution in [3.8, 4) is 0 Å². The van der Waals surface area contributed by atoms with Crippen LogP contribution in [-0.2, 0) is 33.3 Å². The molecule has 0 aromatic rings. The molecule has 4 heterocycles. The summed E-state index contributed by atoms with van der Waals surface area (Å²) in [7, 11) is 0. The molecule has 0 aromatic heterocycles. The Balaban J connectivity index is 1.58. The molecule has 0 aromatic carbocycles. The predicted octanol–water partition coefficient (Wildman–Crippen LogP) is 0.510. The number of fused-ring (bicyclic) bond motifs is 3. The average Bonchev–Trinajstić information content (AvgIpc) is 3.74. The minimum atomic E-state index is -2.09. The van der Waals surface area contributed by atoms with Gasteiger partial charge in [0.05, 0.1) is 54.9 Å². The van der Waals surface area contributed by atoms with E-state index in [9.17, 15) is 40.2 Å². The SMILES string of the molecule is CC1O[C@@H](O[C@H]2/C=C/C=C/C=C/C=C/C[C@@H](C)OC(=O)/C=C/[C@H]3O[C@@H]3C[C@H](O)C[C@]3(O)C[C@H](O)[C@@H](C(=O)O)[C@H](C2)O3)CC(O)C(O)[C@@H]1N. The number of carboxylic acid groups (broad SMARTS) is 1. The van der Waals surface area contributed by atoms with Gasteiger partial charge >= 0.3 is 11.9 Å². The van der Waals surface area contributed by atoms with Crippen LogP contribution < -0.4 is 5.73 Å². The molecule has 14 atom stereocenters. The maximum Gasteiger partial charge on any atom is 0.330 e. The number of aliphatic carboxylic acids is 1. The van der Waals surface area contributed by atoms with Gasteiger partial charge in [-0.2, -0.15) is 0 Å². The third kappa shape index (κ3) is 11.1. The smallest absolute Gasteiger partial charge is 0.330 e. The molecule has 0 radical (unpaired) electrons. The van der Waals surface area contributed by atoms with E-state index in [1.54, 1.807) is 62.5 Å². The van der Waals surface area contributed by atoms with Gasteiger partial charge in [-0.25, -0.2) is 4.79 Å². The van der Waals surface area contributed by atoms with Crippen LogP contribution in [0.4, 0.5) is 0 Å². The molecule has 14 heteroatoms. The quantitative estimate of drug-likeness (QED) is 0.159. The van der Waals surface area contributed by atoms with Crippen molar-refractivity contribution in [3.05, 3.63) is 60.8 Å². The second kappa shape index (κ2) is 17.3. The molecule has 3 unspecified atom stereocenters. The number of carbonyl (C=O) groups excluding carboxylic acids is 1. The lowest BCUT2D eigenvalue weighted by atomic mass is 9.83. The molecule has 3 fully saturated rings. The zero-order valence-electron chi connectivity index (χ0n) is 27.1. The van der Waals surface area contributed by atoms with Crippen LogP contribution in [0.3, 0.4) is 0 Å². The van der Waals surface area contributed by atoms with Crippen molar-refractivity contribution in [2.75, 3.05) is 0 Å². The molecule has 4 rings (SSSR count). The van der Waals surface area contributed by atoms with Crippen molar-refractivity contribution in [1.29, 1.82) is 0 Å². The lowest BCUT2D eigenvalue weighted by Crippen LogP contribution is -2.56. The summed E-state index contributed by atoms with van der Waals surface area (Å²) in [4.78, 5) is 24.5. The minimum Gasteiger partial charge on any atom is -0.481 e. The Bertz CT molecular complexity index is 1220. The van der Waals surface area contributed by atoms with Crippen LogP contribution >= 0.6 is 0 Å². The first-order valence-electron chi connectivity index (χ1n) is 16.4. The van der Waals surface area contributed by atoms with Crippen molar-refractivity contribution < 1.29 is 63.9 Å². The Labute approximate surface area is 279 Å². The van der Waals surface area contributed by atoms with Gasteiger partial charge in [0.25, 0.3) is 0 Å². The van der Waals surface area contributed by atoms with Crippen LogP contribution in [0, 0.1) is 5.92 Å². The van der Waals surface area contributed by atoms with Crippen LogP contribution in [0.2, 0.25) is 0 Å². The fourth-order valence-electron chi connectivity index (χ4n) is 6.19. The van der Waals surface area contributed by atoms with E-state index in [2.05, 4.69) is 0 Å². The monoisotopic (exact) mass is 679 g/mol. The molecule has 4 aliphatic rings. The summed E-state index contributed by atoms with van der Waals surface area (Å²) in [6.07, 6.45) is 5.88. The van der Waals surface area contributed by atoms with Gasteiger partial charge < -0.3 is 60.1 Å². The van der Waals surface area contributed by atoms with Gasteiger partial charge in [-0.3, -0.25) is 4.79 Å². The summed E-state index contributed by atoms with van der Waals surface area (Å²) in [5.41, 5.74) is 6.01. The van der Waals surface area contributed by atoms with Gasteiger partial charge in [-0.05, 0) is 19.9 Å². The predicted molar refractivity (Wildman–Crippen MR) is 170 cm³/mol. The van der Waals surface area contributed by atoms with Gasteiger partial charge in [-0.1, -0.05) is 48.6 Å². The van der Waals surface area contributed by atoms with Gasteiger partial charge in [0.2, 0.25) is 0 Å². The molecule has 0 amide bonds. The van der Waals surface area contributed by atoms with E-state index >= 15 is 0 Å². The van der Waals surface area contributed by atoms with Gasteiger partial charge in [-0.15, -0.1) is 0 Å². The largest absolute Gasteiger partial charge is 0.481 e. The number of hydrogen-bond donors (Lipinski definition) is 7. The van der Waals surface area contributed by atoms with Crippen LogP contribution in [0.15, 0.2) is 60.8 Å². The van der Waals surface area contributed by atoms with Crippen LogP contribution in [-0.4, -0.2) is 122 Å². The number of carbonyl (C=O) groups is 2. The lowest BCUT2D eigenvalue weighted by molar-refractivity contribution is -0.302. The molecule has 14 nitrogen and oxygen atoms in total. The fourth-order valence-corrected chi connectivity index (χ4v) is 6.19. The highest BCUT2D eigenvalue weighted by Gasteiger charge is 2.51. The molecular weight excluding hydrogens is 630 g/mol. The number of epoxide rings is 1. The van der Waals surface area contributed by atoms with E-state index in [4.69, 9.17) is 29.4 Å². The lowest BCUT2D eigenvalue weighted by Gasteiger charge is -2.44. The molecule has 0 aliphatic carbocycles. The number of carboxylic acids is 1. The van der Waals surface area contributed by atoms with Crippen LogP contribution in [0.25, 0.3) is 0 Å². The Hall–Kier alpha value is -2.76. The standard InChI is InChI=1S/C34H49NO13/c1-19-10-8-6-4-3-5-7-9-11-22(46-29-16-23(37)32(40)31(35)20(2)45-29)15-27-30(33(41)42)24(38)18-34(43,48-27)17-21(36)14-26-25(47-26)12-13-28(39)44-19/h3-9,11-13,19-27,29-32,36-38,40,43H,10,14-18,35H2,1-2H3,(H,41,42)/b4-3+,7-5+,8-6+,11-9+,13-12+/t19-,20?,21+,22+,23?,24+,25-,26-,27+,29+,30-,31-,32?,34-/m1/s1. The minimum absolute atomic E-state index is 0.0852. The number of aliphatic hydroxyl groups excluding tert-OH is 4. The summed E-state index contributed by atoms with van der Waals surface area (Å²) in [6.45, 7) is 3.41. The zero-order valence-corrected chi connectivity index (χ0v) is 27.1. The molecule has 8 N–H and O–H groups in total. The topological polar surface area (TPSA) is 231 Å². The van der Waals surface area contributed by atoms with E-state index in [-0.39, 0.29) is 31.8 Å². The number of hydrogen-bond acceptors (Lipinski definition) is 13. The second-order valence-electron chi connectivity index (χ2n) is 12.9. The first kappa shape index (κ1) is 38.0. The Morgan fingerprint density at radius 1 is 0.917 bits per heavy atom. The van der Waals surface area contributed by atoms with Crippen molar-refractivity contribution in [3.63, 3.8) is 0 Å². The molecule has 0 saturated carbocycles. The molecular formula is C34H49NO13. The Kier molecular flexibility index (Phi) is 13.7. The van der Waals surface area contributed by atoms with Gasteiger partial charge in [0, 0.05) is 44.6 Å². The molecule has 3 saturated heterocycles. The normalized spacial score (nSPS) is 46.8. The van der Waals surface area contributed by atoms with Crippen LogP contribution in [0.1, 0.15) is 52.4 Å². The number of esters is 1. The van der Waals surface area contributed by atoms with Gasteiger partial charge in [0.15, 0.2) is 12.1 Å².